The van der Waals surface area contributed by atoms with Gasteiger partial charge in [0.1, 0.15) is 11.5 Å². The van der Waals surface area contributed by atoms with Crippen LogP contribution in [0.1, 0.15) is 33.4 Å². The van der Waals surface area contributed by atoms with E-state index in [1.54, 1.807) is 0 Å². The van der Waals surface area contributed by atoms with Crippen LogP contribution in [-0.2, 0) is 38.6 Å². The minimum atomic E-state index is -4.38. The van der Waals surface area contributed by atoms with Crippen LogP contribution < -0.4 is 0 Å². The molecule has 0 spiro atoms. The van der Waals surface area contributed by atoms with Crippen LogP contribution in [0.15, 0.2) is 84.9 Å². The first-order valence-corrected chi connectivity index (χ1v) is 10.7. The van der Waals surface area contributed by atoms with Crippen molar-refractivity contribution in [3.63, 3.8) is 0 Å². The van der Waals surface area contributed by atoms with E-state index in [1.165, 1.54) is 34.4 Å². The van der Waals surface area contributed by atoms with Crippen molar-refractivity contribution in [2.75, 3.05) is 0 Å². The maximum atomic E-state index is 11.9. The van der Waals surface area contributed by atoms with Gasteiger partial charge in [-0.15, -0.1) is 0 Å². The molecular weight excluding hydrogens is 574 g/mol. The molecule has 0 heterocycles. The molecule has 9 heteroatoms. The van der Waals surface area contributed by atoms with Gasteiger partial charge in [0.05, 0.1) is 11.1 Å². The average molecular weight is 602 g/mol. The number of hydrogen-bond acceptors (Lipinski definition) is 2. The summed E-state index contributed by atoms with van der Waals surface area (Å²) in [5.74, 6) is -0.750. The van der Waals surface area contributed by atoms with Crippen molar-refractivity contribution in [1.82, 2.24) is 0 Å². The summed E-state index contributed by atoms with van der Waals surface area (Å²) in [4.78, 5) is 0. The molecule has 0 atom stereocenters. The Morgan fingerprint density at radius 1 is 0.595 bits per heavy atom. The van der Waals surface area contributed by atoms with E-state index in [9.17, 15) is 26.3 Å². The van der Waals surface area contributed by atoms with Crippen LogP contribution in [0.3, 0.4) is 0 Å². The van der Waals surface area contributed by atoms with Crippen LogP contribution in [0.4, 0.5) is 26.3 Å². The van der Waals surface area contributed by atoms with Gasteiger partial charge < -0.3 is 10.2 Å². The van der Waals surface area contributed by atoms with Crippen LogP contribution in [0.2, 0.25) is 0 Å². The van der Waals surface area contributed by atoms with Gasteiger partial charge in [0.25, 0.3) is 0 Å². The summed E-state index contributed by atoms with van der Waals surface area (Å²) >= 11 is 0. The summed E-state index contributed by atoms with van der Waals surface area (Å²) in [6, 6.07) is 20.7. The maximum Gasteiger partial charge on any atom is 2.00 e. The number of hydrogen-bond donors (Lipinski definition) is 2. The number of aryl methyl sites for hydroxylation is 4. The van der Waals surface area contributed by atoms with Gasteiger partial charge in [-0.05, 0) is 36.4 Å². The molecule has 4 aromatic carbocycles. The van der Waals surface area contributed by atoms with Crippen molar-refractivity contribution < 1.29 is 62.8 Å². The van der Waals surface area contributed by atoms with Gasteiger partial charge in [-0.3, -0.25) is 0 Å². The van der Waals surface area contributed by atoms with Crippen LogP contribution in [0.5, 0.6) is 11.5 Å². The molecule has 0 amide bonds. The standard InChI is InChI=1S/2C7H5F3O.2C7H9.Zr/c2*8-7(9,10)5-2-1-3-6(11)4-5;2*1-6-3-4-7(2)5-6;/h2*1-4,11H;2*3-5H,1-2H3;/q;;2*-1;+2. The largest absolute Gasteiger partial charge is 2.00 e. The van der Waals surface area contributed by atoms with E-state index in [0.29, 0.717) is 12.1 Å². The molecule has 0 saturated heterocycles. The van der Waals surface area contributed by atoms with E-state index >= 15 is 0 Å². The number of aromatic hydroxyl groups is 2. The molecule has 0 aliphatic heterocycles. The van der Waals surface area contributed by atoms with Gasteiger partial charge in [0.15, 0.2) is 0 Å². The predicted molar refractivity (Wildman–Crippen MR) is 129 cm³/mol. The Bertz CT molecular complexity index is 1060. The van der Waals surface area contributed by atoms with Gasteiger partial charge in [-0.2, -0.15) is 61.7 Å². The summed E-state index contributed by atoms with van der Waals surface area (Å²) in [5.41, 5.74) is 3.76. The Balaban J connectivity index is 0.000000473. The molecule has 0 unspecified atom stereocenters. The molecule has 0 aliphatic rings. The zero-order valence-electron chi connectivity index (χ0n) is 20.7. The van der Waals surface area contributed by atoms with E-state index < -0.39 is 23.5 Å². The Kier molecular flexibility index (Phi) is 14.3. The molecule has 0 radical (unpaired) electrons. The second-order valence-corrected chi connectivity index (χ2v) is 8.03. The molecule has 0 aromatic heterocycles. The Morgan fingerprint density at radius 3 is 1.05 bits per heavy atom. The molecule has 2 N–H and O–H groups in total. The van der Waals surface area contributed by atoms with E-state index in [1.807, 2.05) is 0 Å². The maximum absolute atomic E-state index is 11.9. The molecule has 0 aliphatic carbocycles. The normalized spacial score (nSPS) is 10.4. The summed E-state index contributed by atoms with van der Waals surface area (Å²) in [6.07, 6.45) is -8.75. The quantitative estimate of drug-likeness (QED) is 0.156. The van der Waals surface area contributed by atoms with Crippen molar-refractivity contribution in [1.29, 1.82) is 0 Å². The summed E-state index contributed by atoms with van der Waals surface area (Å²) < 4.78 is 71.1. The first kappa shape index (κ1) is 34.2. The average Bonchev–Trinajstić information content (AvgIpc) is 3.34. The number of alkyl halides is 6. The van der Waals surface area contributed by atoms with Crippen LogP contribution >= 0.6 is 0 Å². The molecule has 2 nitrogen and oxygen atoms in total. The SMILES string of the molecule is Cc1cc[c-](C)c1.Cc1cc[c-](C)c1.Oc1cccc(C(F)(F)F)c1.Oc1cccc(C(F)(F)F)c1.[Zr+2]. The van der Waals surface area contributed by atoms with Crippen LogP contribution in [0, 0.1) is 27.7 Å². The van der Waals surface area contributed by atoms with Gasteiger partial charge >= 0.3 is 38.6 Å². The van der Waals surface area contributed by atoms with Crippen molar-refractivity contribution in [3.8, 4) is 11.5 Å². The summed E-state index contributed by atoms with van der Waals surface area (Å²) in [5, 5.41) is 17.4. The van der Waals surface area contributed by atoms with Gasteiger partial charge in [-0.1, -0.05) is 39.8 Å². The van der Waals surface area contributed by atoms with Gasteiger partial charge in [0.2, 0.25) is 0 Å². The monoisotopic (exact) mass is 600 g/mol. The summed E-state index contributed by atoms with van der Waals surface area (Å²) in [6.45, 7) is 8.42. The second-order valence-electron chi connectivity index (χ2n) is 8.03. The minimum Gasteiger partial charge on any atom is -0.508 e. The Hall–Kier alpha value is -2.80. The van der Waals surface area contributed by atoms with Crippen molar-refractivity contribution in [3.05, 3.63) is 118 Å². The van der Waals surface area contributed by atoms with Crippen molar-refractivity contribution in [2.45, 2.75) is 40.0 Å². The number of phenols is 2. The third-order valence-electron chi connectivity index (χ3n) is 4.48. The molecule has 4 aromatic rings. The molecule has 0 saturated carbocycles. The van der Waals surface area contributed by atoms with E-state index in [-0.39, 0.29) is 37.7 Å². The smallest absolute Gasteiger partial charge is 0.508 e. The van der Waals surface area contributed by atoms with Gasteiger partial charge in [-0.25, -0.2) is 23.3 Å². The number of benzene rings is 2. The second kappa shape index (κ2) is 15.5. The molecule has 37 heavy (non-hydrogen) atoms. The fraction of sp³-hybridized carbons (Fsp3) is 0.214. The zero-order valence-corrected chi connectivity index (χ0v) is 23.2. The van der Waals surface area contributed by atoms with Crippen LogP contribution in [-0.4, -0.2) is 10.2 Å². The van der Waals surface area contributed by atoms with Crippen LogP contribution in [0.25, 0.3) is 0 Å². The summed E-state index contributed by atoms with van der Waals surface area (Å²) in [7, 11) is 0. The third kappa shape index (κ3) is 14.5. The van der Waals surface area contributed by atoms with E-state index in [2.05, 4.69) is 64.1 Å². The molecule has 4 rings (SSSR count). The molecule has 0 fully saturated rings. The van der Waals surface area contributed by atoms with Crippen molar-refractivity contribution in [2.24, 2.45) is 0 Å². The molecular formula is C28H28F6O2Zr. The third-order valence-corrected chi connectivity index (χ3v) is 4.48. The first-order valence-electron chi connectivity index (χ1n) is 10.7. The zero-order chi connectivity index (χ0) is 27.5. The van der Waals surface area contributed by atoms with E-state index in [0.717, 1.165) is 24.3 Å². The first-order chi connectivity index (χ1) is 16.6. The minimum absolute atomic E-state index is 0. The van der Waals surface area contributed by atoms with Gasteiger partial charge in [0, 0.05) is 0 Å². The topological polar surface area (TPSA) is 40.5 Å². The Labute approximate surface area is 232 Å². The number of rotatable bonds is 0. The van der Waals surface area contributed by atoms with Crippen molar-refractivity contribution >= 4 is 0 Å². The fourth-order valence-electron chi connectivity index (χ4n) is 2.80. The molecule has 0 bridgehead atoms. The fourth-order valence-corrected chi connectivity index (χ4v) is 2.80. The Morgan fingerprint density at radius 2 is 0.919 bits per heavy atom. The predicted octanol–water partition coefficient (Wildman–Crippen LogP) is 8.86. The molecule has 198 valence electrons. The number of halogens is 6. The number of phenolic OH excluding ortho intramolecular Hbond substituents is 2. The van der Waals surface area contributed by atoms with E-state index in [4.69, 9.17) is 10.2 Å².